The number of aryl methyl sites for hydroxylation is 2. The fourth-order valence-corrected chi connectivity index (χ4v) is 1.76. The predicted octanol–water partition coefficient (Wildman–Crippen LogP) is 2.54. The monoisotopic (exact) mass is 216 g/mol. The van der Waals surface area contributed by atoms with E-state index >= 15 is 0 Å². The Bertz CT molecular complexity index is 462. The summed E-state index contributed by atoms with van der Waals surface area (Å²) in [5.74, 6) is 0. The summed E-state index contributed by atoms with van der Waals surface area (Å²) in [6, 6.07) is 8.34. The molecule has 0 atom stereocenters. The highest BCUT2D eigenvalue weighted by atomic mass is 16.5. The number of aromatic nitrogens is 1. The Morgan fingerprint density at radius 2 is 2.25 bits per heavy atom. The standard InChI is InChI=1S/C13H16N2O/c1-10-4-2-5-11(8-10)12-9-16-15-13(12)6-3-7-14/h2,4-5,8-9H,3,6-7,14H2,1H3. The second-order valence-corrected chi connectivity index (χ2v) is 3.94. The first-order chi connectivity index (χ1) is 7.81. The van der Waals surface area contributed by atoms with Crippen molar-refractivity contribution in [2.75, 3.05) is 6.54 Å². The zero-order valence-electron chi connectivity index (χ0n) is 9.44. The Hall–Kier alpha value is -1.61. The molecule has 0 aliphatic heterocycles. The van der Waals surface area contributed by atoms with Gasteiger partial charge in [0.1, 0.15) is 6.26 Å². The average molecular weight is 216 g/mol. The molecule has 1 aromatic carbocycles. The van der Waals surface area contributed by atoms with Crippen LogP contribution in [0.4, 0.5) is 0 Å². The van der Waals surface area contributed by atoms with Gasteiger partial charge in [-0.15, -0.1) is 0 Å². The fourth-order valence-electron chi connectivity index (χ4n) is 1.76. The second kappa shape index (κ2) is 4.94. The van der Waals surface area contributed by atoms with Gasteiger partial charge in [-0.1, -0.05) is 35.0 Å². The highest BCUT2D eigenvalue weighted by Gasteiger charge is 2.09. The molecule has 0 bridgehead atoms. The molecule has 2 N–H and O–H groups in total. The summed E-state index contributed by atoms with van der Waals surface area (Å²) in [4.78, 5) is 0. The average Bonchev–Trinajstić information content (AvgIpc) is 2.74. The maximum atomic E-state index is 5.50. The maximum absolute atomic E-state index is 5.50. The van der Waals surface area contributed by atoms with Gasteiger partial charge in [-0.25, -0.2) is 0 Å². The molecule has 0 unspecified atom stereocenters. The van der Waals surface area contributed by atoms with E-state index in [0.717, 1.165) is 29.7 Å². The molecular weight excluding hydrogens is 200 g/mol. The van der Waals surface area contributed by atoms with E-state index in [-0.39, 0.29) is 0 Å². The van der Waals surface area contributed by atoms with Crippen LogP contribution in [0.3, 0.4) is 0 Å². The molecule has 2 aromatic rings. The van der Waals surface area contributed by atoms with Crippen LogP contribution in [0.25, 0.3) is 11.1 Å². The zero-order chi connectivity index (χ0) is 11.4. The predicted molar refractivity (Wildman–Crippen MR) is 64.1 cm³/mol. The Morgan fingerprint density at radius 3 is 3.00 bits per heavy atom. The van der Waals surface area contributed by atoms with Gasteiger partial charge in [0.05, 0.1) is 5.69 Å². The highest BCUT2D eigenvalue weighted by molar-refractivity contribution is 5.65. The molecule has 0 aliphatic rings. The molecule has 1 aromatic heterocycles. The second-order valence-electron chi connectivity index (χ2n) is 3.94. The Balaban J connectivity index is 2.29. The molecule has 2 rings (SSSR count). The van der Waals surface area contributed by atoms with Crippen molar-refractivity contribution >= 4 is 0 Å². The molecule has 1 heterocycles. The van der Waals surface area contributed by atoms with Gasteiger partial charge < -0.3 is 10.3 Å². The van der Waals surface area contributed by atoms with Gasteiger partial charge in [-0.05, 0) is 31.9 Å². The van der Waals surface area contributed by atoms with Crippen molar-refractivity contribution < 1.29 is 4.52 Å². The fraction of sp³-hybridized carbons (Fsp3) is 0.308. The maximum Gasteiger partial charge on any atom is 0.131 e. The molecule has 16 heavy (non-hydrogen) atoms. The Labute approximate surface area is 95.3 Å². The van der Waals surface area contributed by atoms with Gasteiger partial charge in [-0.3, -0.25) is 0 Å². The summed E-state index contributed by atoms with van der Waals surface area (Å²) in [5.41, 5.74) is 9.98. The number of hydrogen-bond donors (Lipinski definition) is 1. The van der Waals surface area contributed by atoms with E-state index in [1.165, 1.54) is 5.56 Å². The van der Waals surface area contributed by atoms with Crippen LogP contribution < -0.4 is 5.73 Å². The number of benzene rings is 1. The molecule has 0 amide bonds. The van der Waals surface area contributed by atoms with E-state index in [9.17, 15) is 0 Å². The quantitative estimate of drug-likeness (QED) is 0.854. The van der Waals surface area contributed by atoms with Crippen molar-refractivity contribution in [2.24, 2.45) is 5.73 Å². The van der Waals surface area contributed by atoms with Gasteiger partial charge in [0.2, 0.25) is 0 Å². The smallest absolute Gasteiger partial charge is 0.131 e. The summed E-state index contributed by atoms with van der Waals surface area (Å²) in [5, 5.41) is 4.03. The van der Waals surface area contributed by atoms with Crippen molar-refractivity contribution in [1.29, 1.82) is 0 Å². The lowest BCUT2D eigenvalue weighted by Crippen LogP contribution is -2.01. The molecule has 0 radical (unpaired) electrons. The van der Waals surface area contributed by atoms with Crippen molar-refractivity contribution in [3.05, 3.63) is 41.8 Å². The molecule has 84 valence electrons. The van der Waals surface area contributed by atoms with E-state index in [1.54, 1.807) is 6.26 Å². The van der Waals surface area contributed by atoms with Gasteiger partial charge >= 0.3 is 0 Å². The largest absolute Gasteiger partial charge is 0.364 e. The van der Waals surface area contributed by atoms with Crippen LogP contribution in [0.15, 0.2) is 35.1 Å². The summed E-state index contributed by atoms with van der Waals surface area (Å²) in [7, 11) is 0. The van der Waals surface area contributed by atoms with E-state index in [0.29, 0.717) is 6.54 Å². The normalized spacial score (nSPS) is 10.6. The van der Waals surface area contributed by atoms with E-state index < -0.39 is 0 Å². The minimum atomic E-state index is 0.681. The third-order valence-electron chi connectivity index (χ3n) is 2.59. The first kappa shape index (κ1) is 10.9. The highest BCUT2D eigenvalue weighted by Crippen LogP contribution is 2.24. The topological polar surface area (TPSA) is 52.0 Å². The number of hydrogen-bond acceptors (Lipinski definition) is 3. The van der Waals surface area contributed by atoms with Crippen molar-refractivity contribution in [3.8, 4) is 11.1 Å². The van der Waals surface area contributed by atoms with Crippen LogP contribution in [0.1, 0.15) is 17.7 Å². The number of nitrogens with zero attached hydrogens (tertiary/aromatic N) is 1. The third-order valence-corrected chi connectivity index (χ3v) is 2.59. The molecule has 0 saturated heterocycles. The lowest BCUT2D eigenvalue weighted by molar-refractivity contribution is 0.411. The van der Waals surface area contributed by atoms with Gasteiger partial charge in [0.15, 0.2) is 0 Å². The third kappa shape index (κ3) is 2.31. The minimum Gasteiger partial charge on any atom is -0.364 e. The van der Waals surface area contributed by atoms with Crippen LogP contribution in [0, 0.1) is 6.92 Å². The SMILES string of the molecule is Cc1cccc(-c2conc2CCCN)c1. The first-order valence-electron chi connectivity index (χ1n) is 5.51. The van der Waals surface area contributed by atoms with Crippen LogP contribution in [-0.4, -0.2) is 11.7 Å². The Morgan fingerprint density at radius 1 is 1.38 bits per heavy atom. The molecule has 0 aliphatic carbocycles. The van der Waals surface area contributed by atoms with Crippen molar-refractivity contribution in [1.82, 2.24) is 5.16 Å². The molecular formula is C13H16N2O. The lowest BCUT2D eigenvalue weighted by atomic mass is 10.0. The molecule has 3 nitrogen and oxygen atoms in total. The van der Waals surface area contributed by atoms with E-state index in [2.05, 4.69) is 30.3 Å². The van der Waals surface area contributed by atoms with Crippen molar-refractivity contribution in [3.63, 3.8) is 0 Å². The van der Waals surface area contributed by atoms with Gasteiger partial charge in [0.25, 0.3) is 0 Å². The van der Waals surface area contributed by atoms with Crippen molar-refractivity contribution in [2.45, 2.75) is 19.8 Å². The summed E-state index contributed by atoms with van der Waals surface area (Å²) in [6.45, 7) is 2.76. The van der Waals surface area contributed by atoms with E-state index in [1.807, 2.05) is 6.07 Å². The summed E-state index contributed by atoms with van der Waals surface area (Å²) >= 11 is 0. The van der Waals surface area contributed by atoms with Crippen LogP contribution >= 0.6 is 0 Å². The molecule has 3 heteroatoms. The Kier molecular flexibility index (Phi) is 3.37. The van der Waals surface area contributed by atoms with Crippen LogP contribution in [-0.2, 0) is 6.42 Å². The first-order valence-corrected chi connectivity index (χ1v) is 5.51. The van der Waals surface area contributed by atoms with Gasteiger partial charge in [0, 0.05) is 5.56 Å². The summed E-state index contributed by atoms with van der Waals surface area (Å²) < 4.78 is 5.05. The number of rotatable bonds is 4. The molecule has 0 saturated carbocycles. The zero-order valence-corrected chi connectivity index (χ0v) is 9.44. The summed E-state index contributed by atoms with van der Waals surface area (Å²) in [6.07, 6.45) is 3.52. The van der Waals surface area contributed by atoms with E-state index in [4.69, 9.17) is 10.3 Å². The number of nitrogens with two attached hydrogens (primary N) is 1. The van der Waals surface area contributed by atoms with Crippen LogP contribution in [0.2, 0.25) is 0 Å². The molecule has 0 fully saturated rings. The lowest BCUT2D eigenvalue weighted by Gasteiger charge is -2.01. The molecule has 0 spiro atoms. The minimum absolute atomic E-state index is 0.681. The van der Waals surface area contributed by atoms with Gasteiger partial charge in [-0.2, -0.15) is 0 Å². The van der Waals surface area contributed by atoms with Crippen LogP contribution in [0.5, 0.6) is 0 Å².